The average Bonchev–Trinajstić information content (AvgIpc) is 3.54. The third-order valence-electron chi connectivity index (χ3n) is 5.44. The van der Waals surface area contributed by atoms with Crippen molar-refractivity contribution >= 4 is 50.1 Å². The first-order chi connectivity index (χ1) is 17.3. The molecule has 186 valence electrons. The predicted molar refractivity (Wildman–Crippen MR) is 142 cm³/mol. The number of imidazole rings is 1. The second kappa shape index (κ2) is 9.55. The van der Waals surface area contributed by atoms with Crippen molar-refractivity contribution in [2.24, 2.45) is 0 Å². The summed E-state index contributed by atoms with van der Waals surface area (Å²) in [7, 11) is 1.90. The van der Waals surface area contributed by atoms with Gasteiger partial charge in [-0.05, 0) is 19.2 Å². The van der Waals surface area contributed by atoms with Crippen LogP contribution in [0, 0.1) is 0 Å². The van der Waals surface area contributed by atoms with Crippen LogP contribution >= 0.6 is 11.3 Å². The monoisotopic (exact) mass is 505 g/mol. The summed E-state index contributed by atoms with van der Waals surface area (Å²) in [5, 5.41) is 15.7. The van der Waals surface area contributed by atoms with Crippen LogP contribution in [0.25, 0.3) is 26.6 Å². The molecule has 12 heteroatoms. The van der Waals surface area contributed by atoms with E-state index >= 15 is 0 Å². The molecule has 0 atom stereocenters. The average molecular weight is 506 g/mol. The highest BCUT2D eigenvalue weighted by Gasteiger charge is 2.20. The molecule has 0 bridgehead atoms. The molecule has 0 radical (unpaired) electrons. The molecule has 36 heavy (non-hydrogen) atoms. The van der Waals surface area contributed by atoms with Crippen LogP contribution in [0.2, 0.25) is 0 Å². The number of likely N-dealkylation sites (N-methyl/N-ethyl adjacent to an activating group) is 1. The topological polar surface area (TPSA) is 134 Å². The molecule has 0 unspecified atom stereocenters. The van der Waals surface area contributed by atoms with E-state index in [0.717, 1.165) is 39.7 Å². The minimum absolute atomic E-state index is 0.188. The Bertz CT molecular complexity index is 1510. The van der Waals surface area contributed by atoms with Crippen LogP contribution < -0.4 is 21.3 Å². The highest BCUT2D eigenvalue weighted by molar-refractivity contribution is 7.23. The molecule has 0 saturated heterocycles. The zero-order valence-electron chi connectivity index (χ0n) is 20.4. The number of nitrogens with zero attached hydrogens (tertiary/aromatic N) is 5. The predicted octanol–water partition coefficient (Wildman–Crippen LogP) is 4.57. The Balaban J connectivity index is 1.26. The second-order valence-corrected chi connectivity index (χ2v) is 10.2. The van der Waals surface area contributed by atoms with Gasteiger partial charge >= 0.3 is 6.03 Å². The van der Waals surface area contributed by atoms with Gasteiger partial charge in [-0.25, -0.2) is 19.7 Å². The molecule has 1 aromatic carbocycles. The van der Waals surface area contributed by atoms with Gasteiger partial charge in [0.05, 0.1) is 11.9 Å². The van der Waals surface area contributed by atoms with Crippen LogP contribution in [0.15, 0.2) is 47.2 Å². The van der Waals surface area contributed by atoms with Gasteiger partial charge in [-0.3, -0.25) is 9.72 Å². The molecule has 4 N–H and O–H groups in total. The normalized spacial score (nSPS) is 11.8. The molecule has 0 fully saturated rings. The van der Waals surface area contributed by atoms with Crippen LogP contribution in [0.5, 0.6) is 0 Å². The first-order valence-corrected chi connectivity index (χ1v) is 12.3. The van der Waals surface area contributed by atoms with Crippen molar-refractivity contribution in [1.29, 1.82) is 0 Å². The van der Waals surface area contributed by atoms with Crippen molar-refractivity contribution in [3.8, 4) is 11.3 Å². The largest absolute Gasteiger partial charge is 0.359 e. The van der Waals surface area contributed by atoms with E-state index in [1.54, 1.807) is 6.07 Å². The van der Waals surface area contributed by atoms with Crippen molar-refractivity contribution in [1.82, 2.24) is 29.8 Å². The number of fused-ring (bicyclic) bond motifs is 3. The minimum Gasteiger partial charge on any atom is -0.359 e. The lowest BCUT2D eigenvalue weighted by Gasteiger charge is -2.12. The fraction of sp³-hybridized carbons (Fsp3) is 0.292. The lowest BCUT2D eigenvalue weighted by atomic mass is 9.93. The summed E-state index contributed by atoms with van der Waals surface area (Å²) >= 11 is 1.51. The number of anilines is 3. The molecule has 0 saturated carbocycles. The molecule has 4 heterocycles. The molecule has 2 amide bonds. The number of rotatable bonds is 7. The third kappa shape index (κ3) is 4.99. The van der Waals surface area contributed by atoms with Gasteiger partial charge in [-0.2, -0.15) is 0 Å². The zero-order valence-corrected chi connectivity index (χ0v) is 21.2. The minimum atomic E-state index is -0.398. The van der Waals surface area contributed by atoms with Gasteiger partial charge in [0, 0.05) is 42.0 Å². The number of benzene rings is 1. The Morgan fingerprint density at radius 1 is 1.11 bits per heavy atom. The summed E-state index contributed by atoms with van der Waals surface area (Å²) < 4.78 is 7.30. The van der Waals surface area contributed by atoms with Crippen LogP contribution in [-0.4, -0.2) is 50.7 Å². The second-order valence-electron chi connectivity index (χ2n) is 9.28. The fourth-order valence-electron chi connectivity index (χ4n) is 3.51. The summed E-state index contributed by atoms with van der Waals surface area (Å²) in [5.74, 6) is 1.67. The first-order valence-electron chi connectivity index (χ1n) is 11.5. The Morgan fingerprint density at radius 3 is 2.64 bits per heavy atom. The highest BCUT2D eigenvalue weighted by atomic mass is 32.1. The summed E-state index contributed by atoms with van der Waals surface area (Å²) in [6.45, 7) is 7.62. The number of nitrogens with one attached hydrogen (secondary N) is 4. The quantitative estimate of drug-likeness (QED) is 0.236. The molecule has 4 aromatic heterocycles. The van der Waals surface area contributed by atoms with Gasteiger partial charge in [0.15, 0.2) is 10.8 Å². The number of thiazole rings is 1. The van der Waals surface area contributed by atoms with E-state index in [1.807, 2.05) is 68.9 Å². The van der Waals surface area contributed by atoms with E-state index in [1.165, 1.54) is 11.3 Å². The lowest BCUT2D eigenvalue weighted by molar-refractivity contribution is 0.262. The summed E-state index contributed by atoms with van der Waals surface area (Å²) in [4.78, 5) is 27.8. The maximum Gasteiger partial charge on any atom is 0.324 e. The van der Waals surface area contributed by atoms with E-state index in [4.69, 9.17) is 9.51 Å². The van der Waals surface area contributed by atoms with Gasteiger partial charge in [0.2, 0.25) is 5.95 Å². The molecule has 5 aromatic rings. The number of carbonyl (C=O) groups excluding carboxylic acids is 1. The molecular formula is C24H27N9O2S. The van der Waals surface area contributed by atoms with Gasteiger partial charge in [0.25, 0.3) is 0 Å². The SMILES string of the molecule is CNCCNc1ncc2c(n1)sc1nc(-c3ccc(NC(=O)Nc4cc(C(C)(C)C)on4)cc3)cn12. The molecule has 0 spiro atoms. The molecule has 0 aliphatic rings. The van der Waals surface area contributed by atoms with Gasteiger partial charge in [0.1, 0.15) is 16.1 Å². The Morgan fingerprint density at radius 2 is 1.92 bits per heavy atom. The number of urea groups is 1. The van der Waals surface area contributed by atoms with Crippen LogP contribution in [0.3, 0.4) is 0 Å². The summed E-state index contributed by atoms with van der Waals surface area (Å²) in [6, 6.07) is 8.82. The third-order valence-corrected chi connectivity index (χ3v) is 6.41. The van der Waals surface area contributed by atoms with E-state index < -0.39 is 6.03 Å². The van der Waals surface area contributed by atoms with Crippen molar-refractivity contribution in [3.63, 3.8) is 0 Å². The van der Waals surface area contributed by atoms with Crippen LogP contribution in [0.1, 0.15) is 26.5 Å². The maximum absolute atomic E-state index is 12.4. The Labute approximate surface area is 211 Å². The van der Waals surface area contributed by atoms with E-state index in [0.29, 0.717) is 23.2 Å². The molecule has 5 rings (SSSR count). The van der Waals surface area contributed by atoms with Gasteiger partial charge in [-0.1, -0.05) is 49.4 Å². The first kappa shape index (κ1) is 23.7. The van der Waals surface area contributed by atoms with Gasteiger partial charge in [-0.15, -0.1) is 0 Å². The van der Waals surface area contributed by atoms with Crippen molar-refractivity contribution in [3.05, 3.63) is 48.5 Å². The number of carbonyl (C=O) groups is 1. The summed E-state index contributed by atoms with van der Waals surface area (Å²) in [5.41, 5.74) is 3.13. The smallest absolute Gasteiger partial charge is 0.324 e. The van der Waals surface area contributed by atoms with Crippen LogP contribution in [0.4, 0.5) is 22.2 Å². The van der Waals surface area contributed by atoms with Crippen molar-refractivity contribution in [2.45, 2.75) is 26.2 Å². The number of hydrogen-bond donors (Lipinski definition) is 4. The molecule has 11 nitrogen and oxygen atoms in total. The fourth-order valence-corrected chi connectivity index (χ4v) is 4.46. The number of amides is 2. The van der Waals surface area contributed by atoms with E-state index in [2.05, 4.69) is 36.4 Å². The standard InChI is InChI=1S/C24H27N9O2S/c1-24(2,3)18-11-19(32-35-18)30-22(34)28-15-7-5-14(6-8-15)16-13-33-17-12-27-21(26-10-9-25-4)31-20(17)36-23(33)29-16/h5-8,11-13,25H,9-10H2,1-4H3,(H,26,27,31)(H2,28,30,32,34). The highest BCUT2D eigenvalue weighted by Crippen LogP contribution is 2.29. The van der Waals surface area contributed by atoms with Crippen molar-refractivity contribution in [2.75, 3.05) is 36.1 Å². The van der Waals surface area contributed by atoms with Crippen LogP contribution in [-0.2, 0) is 5.41 Å². The molecule has 0 aliphatic heterocycles. The van der Waals surface area contributed by atoms with Gasteiger partial charge < -0.3 is 20.5 Å². The Hall–Kier alpha value is -4.03. The molecular weight excluding hydrogens is 478 g/mol. The van der Waals surface area contributed by atoms with E-state index in [9.17, 15) is 4.79 Å². The van der Waals surface area contributed by atoms with Crippen molar-refractivity contribution < 1.29 is 9.32 Å². The Kier molecular flexibility index (Phi) is 6.29. The number of aromatic nitrogens is 5. The summed E-state index contributed by atoms with van der Waals surface area (Å²) in [6.07, 6.45) is 3.78. The lowest BCUT2D eigenvalue weighted by Crippen LogP contribution is -2.19. The molecule has 0 aliphatic carbocycles. The maximum atomic E-state index is 12.4. The van der Waals surface area contributed by atoms with E-state index in [-0.39, 0.29) is 5.41 Å². The number of hydrogen-bond acceptors (Lipinski definition) is 9. The zero-order chi connectivity index (χ0) is 25.3.